The number of guanidine groups is 1. The van der Waals surface area contributed by atoms with Crippen LogP contribution in [0.4, 0.5) is 5.69 Å². The number of anilines is 1. The summed E-state index contributed by atoms with van der Waals surface area (Å²) < 4.78 is 0. The zero-order chi connectivity index (χ0) is 14.5. The molecule has 1 aromatic carbocycles. The third kappa shape index (κ3) is 3.78. The molecule has 112 valence electrons. The lowest BCUT2D eigenvalue weighted by Crippen LogP contribution is -2.37. The van der Waals surface area contributed by atoms with Crippen LogP contribution in [-0.2, 0) is 6.54 Å². The average Bonchev–Trinajstić information content (AvgIpc) is 2.98. The first-order chi connectivity index (χ1) is 10.3. The van der Waals surface area contributed by atoms with Gasteiger partial charge in [0, 0.05) is 25.3 Å². The molecule has 1 aliphatic carbocycles. The summed E-state index contributed by atoms with van der Waals surface area (Å²) in [6, 6.07) is 8.60. The number of benzene rings is 1. The van der Waals surface area contributed by atoms with Gasteiger partial charge in [-0.05, 0) is 36.5 Å². The Kier molecular flexibility index (Phi) is 4.43. The number of hydrogen-bond donors (Lipinski definition) is 2. The van der Waals surface area contributed by atoms with Crippen LogP contribution in [0, 0.1) is 5.92 Å². The van der Waals surface area contributed by atoms with E-state index in [2.05, 4.69) is 51.6 Å². The number of aliphatic imine (C=N–C) groups is 1. The predicted octanol–water partition coefficient (Wildman–Crippen LogP) is 2.27. The molecule has 1 aliphatic heterocycles. The van der Waals surface area contributed by atoms with Crippen LogP contribution >= 0.6 is 0 Å². The molecule has 0 aromatic heterocycles. The largest absolute Gasteiger partial charge is 0.370 e. The highest BCUT2D eigenvalue weighted by Crippen LogP contribution is 2.25. The summed E-state index contributed by atoms with van der Waals surface area (Å²) in [5.41, 5.74) is 8.36. The molecule has 1 saturated carbocycles. The van der Waals surface area contributed by atoms with Gasteiger partial charge in [-0.25, -0.2) is 4.99 Å². The summed E-state index contributed by atoms with van der Waals surface area (Å²) in [5, 5.41) is 3.22. The summed E-state index contributed by atoms with van der Waals surface area (Å²) in [5.74, 6) is 1.36. The van der Waals surface area contributed by atoms with E-state index in [1.54, 1.807) is 0 Å². The van der Waals surface area contributed by atoms with Crippen molar-refractivity contribution in [1.82, 2.24) is 5.32 Å². The lowest BCUT2D eigenvalue weighted by atomic mass is 9.85. The molecule has 0 radical (unpaired) electrons. The third-order valence-electron chi connectivity index (χ3n) is 4.35. The molecule has 0 amide bonds. The molecule has 0 spiro atoms. The molecular formula is C17H24N4. The van der Waals surface area contributed by atoms with Gasteiger partial charge < -0.3 is 16.0 Å². The van der Waals surface area contributed by atoms with Gasteiger partial charge in [0.15, 0.2) is 5.96 Å². The van der Waals surface area contributed by atoms with Crippen LogP contribution in [0.15, 0.2) is 41.4 Å². The second kappa shape index (κ2) is 6.66. The maximum Gasteiger partial charge on any atom is 0.188 e. The van der Waals surface area contributed by atoms with Crippen molar-refractivity contribution in [1.29, 1.82) is 0 Å². The average molecular weight is 284 g/mol. The fraction of sp³-hybridized carbons (Fsp3) is 0.471. The molecule has 3 N–H and O–H groups in total. The zero-order valence-electron chi connectivity index (χ0n) is 12.5. The molecule has 2 aliphatic rings. The van der Waals surface area contributed by atoms with Crippen LogP contribution < -0.4 is 16.0 Å². The van der Waals surface area contributed by atoms with Crippen molar-refractivity contribution < 1.29 is 0 Å². The van der Waals surface area contributed by atoms with Crippen molar-refractivity contribution in [2.24, 2.45) is 16.6 Å². The first kappa shape index (κ1) is 14.0. The van der Waals surface area contributed by atoms with Crippen LogP contribution in [0.1, 0.15) is 24.8 Å². The number of nitrogens with two attached hydrogens (primary N) is 1. The van der Waals surface area contributed by atoms with Gasteiger partial charge in [0.25, 0.3) is 0 Å². The topological polar surface area (TPSA) is 53.6 Å². The van der Waals surface area contributed by atoms with E-state index in [1.165, 1.54) is 30.5 Å². The quantitative estimate of drug-likeness (QED) is 0.495. The van der Waals surface area contributed by atoms with Crippen LogP contribution in [0.3, 0.4) is 0 Å². The highest BCUT2D eigenvalue weighted by Gasteiger charge is 2.16. The molecule has 0 unspecified atom stereocenters. The normalized spacial score (nSPS) is 18.9. The Labute approximate surface area is 126 Å². The van der Waals surface area contributed by atoms with E-state index < -0.39 is 0 Å². The predicted molar refractivity (Wildman–Crippen MR) is 88.5 cm³/mol. The van der Waals surface area contributed by atoms with Gasteiger partial charge in [-0.15, -0.1) is 0 Å². The van der Waals surface area contributed by atoms with Gasteiger partial charge in [0.05, 0.1) is 6.54 Å². The molecular weight excluding hydrogens is 260 g/mol. The third-order valence-corrected chi connectivity index (χ3v) is 4.35. The molecule has 0 saturated heterocycles. The number of hydrogen-bond acceptors (Lipinski definition) is 2. The zero-order valence-corrected chi connectivity index (χ0v) is 12.5. The molecule has 4 heteroatoms. The number of nitrogens with one attached hydrogen (secondary N) is 1. The number of nitrogens with zero attached hydrogens (tertiary/aromatic N) is 2. The maximum absolute atomic E-state index is 5.90. The van der Waals surface area contributed by atoms with E-state index >= 15 is 0 Å². The van der Waals surface area contributed by atoms with Crippen molar-refractivity contribution in [3.8, 4) is 0 Å². The van der Waals surface area contributed by atoms with E-state index in [4.69, 9.17) is 5.73 Å². The fourth-order valence-electron chi connectivity index (χ4n) is 2.68. The second-order valence-corrected chi connectivity index (χ2v) is 5.92. The smallest absolute Gasteiger partial charge is 0.188 e. The van der Waals surface area contributed by atoms with E-state index in [0.717, 1.165) is 25.6 Å². The first-order valence-electron chi connectivity index (χ1n) is 7.84. The molecule has 4 nitrogen and oxygen atoms in total. The van der Waals surface area contributed by atoms with Crippen LogP contribution in [-0.4, -0.2) is 25.6 Å². The van der Waals surface area contributed by atoms with Crippen molar-refractivity contribution >= 4 is 11.6 Å². The molecule has 0 atom stereocenters. The second-order valence-electron chi connectivity index (χ2n) is 5.92. The molecule has 3 rings (SSSR count). The number of rotatable bonds is 5. The summed E-state index contributed by atoms with van der Waals surface area (Å²) in [6.07, 6.45) is 8.42. The van der Waals surface area contributed by atoms with Crippen LogP contribution in [0.2, 0.25) is 0 Å². The Morgan fingerprint density at radius 3 is 2.52 bits per heavy atom. The van der Waals surface area contributed by atoms with Gasteiger partial charge in [-0.2, -0.15) is 0 Å². The summed E-state index contributed by atoms with van der Waals surface area (Å²) in [4.78, 5) is 6.74. The Morgan fingerprint density at radius 2 is 1.90 bits per heavy atom. The minimum Gasteiger partial charge on any atom is -0.370 e. The van der Waals surface area contributed by atoms with E-state index in [1.807, 2.05) is 0 Å². The SMILES string of the molecule is NC(=NCc1ccc(N2CC=CC2)cc1)NCC1CCC1. The highest BCUT2D eigenvalue weighted by molar-refractivity contribution is 5.77. The Morgan fingerprint density at radius 1 is 1.19 bits per heavy atom. The van der Waals surface area contributed by atoms with Crippen molar-refractivity contribution in [2.75, 3.05) is 24.5 Å². The van der Waals surface area contributed by atoms with Crippen LogP contribution in [0.25, 0.3) is 0 Å². The Hall–Kier alpha value is -1.97. The first-order valence-corrected chi connectivity index (χ1v) is 7.84. The van der Waals surface area contributed by atoms with Gasteiger partial charge in [-0.3, -0.25) is 0 Å². The highest BCUT2D eigenvalue weighted by atomic mass is 15.1. The van der Waals surface area contributed by atoms with E-state index in [9.17, 15) is 0 Å². The minimum absolute atomic E-state index is 0.565. The Balaban J connectivity index is 1.47. The summed E-state index contributed by atoms with van der Waals surface area (Å²) in [7, 11) is 0. The Bertz CT molecular complexity index is 506. The molecule has 21 heavy (non-hydrogen) atoms. The molecule has 1 heterocycles. The molecule has 0 bridgehead atoms. The summed E-state index contributed by atoms with van der Waals surface area (Å²) in [6.45, 7) is 3.63. The summed E-state index contributed by atoms with van der Waals surface area (Å²) >= 11 is 0. The molecule has 1 fully saturated rings. The van der Waals surface area contributed by atoms with Crippen LogP contribution in [0.5, 0.6) is 0 Å². The fourth-order valence-corrected chi connectivity index (χ4v) is 2.68. The van der Waals surface area contributed by atoms with Gasteiger partial charge in [-0.1, -0.05) is 30.7 Å². The van der Waals surface area contributed by atoms with E-state index in [-0.39, 0.29) is 0 Å². The standard InChI is InChI=1S/C17H24N4/c18-17(19-12-14-4-3-5-14)20-13-15-6-8-16(9-7-15)21-10-1-2-11-21/h1-2,6-9,14H,3-5,10-13H2,(H3,18,19,20). The van der Waals surface area contributed by atoms with Gasteiger partial charge >= 0.3 is 0 Å². The maximum atomic E-state index is 5.90. The van der Waals surface area contributed by atoms with E-state index in [0.29, 0.717) is 12.5 Å². The van der Waals surface area contributed by atoms with Gasteiger partial charge in [0.1, 0.15) is 0 Å². The monoisotopic (exact) mass is 284 g/mol. The lowest BCUT2D eigenvalue weighted by molar-refractivity contribution is 0.315. The van der Waals surface area contributed by atoms with Gasteiger partial charge in [0.2, 0.25) is 0 Å². The minimum atomic E-state index is 0.565. The van der Waals surface area contributed by atoms with Crippen molar-refractivity contribution in [3.05, 3.63) is 42.0 Å². The lowest BCUT2D eigenvalue weighted by Gasteiger charge is -2.25. The van der Waals surface area contributed by atoms with Crippen molar-refractivity contribution in [3.63, 3.8) is 0 Å². The van der Waals surface area contributed by atoms with Crippen molar-refractivity contribution in [2.45, 2.75) is 25.8 Å². The molecule has 1 aromatic rings.